The summed E-state index contributed by atoms with van der Waals surface area (Å²) < 4.78 is 61.9. The fraction of sp³-hybridized carbons (Fsp3) is 0.625. The van der Waals surface area contributed by atoms with E-state index in [0.29, 0.717) is 12.8 Å². The molecular formula is C16H20N2O14S2. The third-order valence-electron chi connectivity index (χ3n) is 4.74. The minimum Gasteiger partial charge on any atom is -0.330 e. The lowest BCUT2D eigenvalue weighted by Crippen LogP contribution is -2.36. The number of rotatable bonds is 11. The average molecular weight is 528 g/mol. The number of imide groups is 2. The van der Waals surface area contributed by atoms with Crippen LogP contribution in [0.5, 0.6) is 0 Å². The van der Waals surface area contributed by atoms with E-state index in [0.717, 1.165) is 0 Å². The second-order valence-corrected chi connectivity index (χ2v) is 10.5. The zero-order chi connectivity index (χ0) is 25.8. The Kier molecular flexibility index (Phi) is 8.45. The molecule has 2 heterocycles. The van der Waals surface area contributed by atoms with Crippen LogP contribution < -0.4 is 0 Å². The summed E-state index contributed by atoms with van der Waals surface area (Å²) in [5.74, 6) is -6.96. The molecule has 2 saturated heterocycles. The van der Waals surface area contributed by atoms with Crippen LogP contribution >= 0.6 is 0 Å². The summed E-state index contributed by atoms with van der Waals surface area (Å²) in [4.78, 5) is 79.4. The number of hydroxylamine groups is 4. The van der Waals surface area contributed by atoms with Crippen LogP contribution in [0, 0.1) is 0 Å². The molecule has 190 valence electrons. The highest BCUT2D eigenvalue weighted by Gasteiger charge is 2.49. The molecule has 2 aliphatic rings. The van der Waals surface area contributed by atoms with Gasteiger partial charge in [-0.3, -0.25) is 28.3 Å². The van der Waals surface area contributed by atoms with Crippen LogP contribution in [0.25, 0.3) is 0 Å². The van der Waals surface area contributed by atoms with Gasteiger partial charge in [-0.1, -0.05) is 12.8 Å². The van der Waals surface area contributed by atoms with Crippen molar-refractivity contribution in [1.29, 1.82) is 0 Å². The van der Waals surface area contributed by atoms with Gasteiger partial charge in [0, 0.05) is 12.8 Å². The Morgan fingerprint density at radius 3 is 1.29 bits per heavy atom. The number of carbonyl (C=O) groups excluding carboxylic acids is 6. The van der Waals surface area contributed by atoms with Crippen molar-refractivity contribution in [1.82, 2.24) is 10.1 Å². The maximum absolute atomic E-state index is 11.8. The summed E-state index contributed by atoms with van der Waals surface area (Å²) in [7, 11) is -9.66. The van der Waals surface area contributed by atoms with Crippen molar-refractivity contribution in [2.75, 3.05) is 0 Å². The summed E-state index contributed by atoms with van der Waals surface area (Å²) in [6.45, 7) is 0. The molecule has 18 heteroatoms. The van der Waals surface area contributed by atoms with Crippen molar-refractivity contribution in [3.8, 4) is 0 Å². The van der Waals surface area contributed by atoms with Gasteiger partial charge in [-0.2, -0.15) is 16.8 Å². The molecule has 2 N–H and O–H groups in total. The lowest BCUT2D eigenvalue weighted by atomic mass is 10.1. The largest absolute Gasteiger partial charge is 0.333 e. The lowest BCUT2D eigenvalue weighted by molar-refractivity contribution is -0.197. The topological polar surface area (TPSA) is 236 Å². The number of carbonyl (C=O) groups is 6. The van der Waals surface area contributed by atoms with E-state index in [-0.39, 0.29) is 35.8 Å². The molecule has 2 unspecified atom stereocenters. The third kappa shape index (κ3) is 6.78. The van der Waals surface area contributed by atoms with E-state index in [2.05, 4.69) is 9.68 Å². The molecule has 0 spiro atoms. The normalized spacial score (nSPS) is 21.4. The van der Waals surface area contributed by atoms with Crippen molar-refractivity contribution in [3.63, 3.8) is 0 Å². The Balaban J connectivity index is 1.65. The van der Waals surface area contributed by atoms with E-state index < -0.39 is 79.1 Å². The minimum atomic E-state index is -4.83. The average Bonchev–Trinajstić information content (AvgIpc) is 3.15. The van der Waals surface area contributed by atoms with E-state index >= 15 is 0 Å². The van der Waals surface area contributed by atoms with Gasteiger partial charge >= 0.3 is 11.9 Å². The van der Waals surface area contributed by atoms with E-state index in [4.69, 9.17) is 9.11 Å². The maximum Gasteiger partial charge on any atom is 0.333 e. The van der Waals surface area contributed by atoms with Crippen LogP contribution in [-0.4, -0.2) is 82.1 Å². The Morgan fingerprint density at radius 1 is 0.706 bits per heavy atom. The Bertz CT molecular complexity index is 1020. The fourth-order valence-electron chi connectivity index (χ4n) is 3.01. The summed E-state index contributed by atoms with van der Waals surface area (Å²) in [5.41, 5.74) is 0. The molecule has 2 aliphatic heterocycles. The van der Waals surface area contributed by atoms with Gasteiger partial charge in [-0.25, -0.2) is 9.59 Å². The highest BCUT2D eigenvalue weighted by molar-refractivity contribution is 7.87. The van der Waals surface area contributed by atoms with Crippen molar-refractivity contribution in [3.05, 3.63) is 0 Å². The van der Waals surface area contributed by atoms with Crippen LogP contribution in [0.2, 0.25) is 0 Å². The molecule has 0 aliphatic carbocycles. The molecule has 2 fully saturated rings. The van der Waals surface area contributed by atoms with E-state index in [1.165, 1.54) is 0 Å². The summed E-state index contributed by atoms with van der Waals surface area (Å²) in [6, 6.07) is 0. The quantitative estimate of drug-likeness (QED) is 0.172. The molecule has 16 nitrogen and oxygen atoms in total. The van der Waals surface area contributed by atoms with E-state index in [1.807, 2.05) is 0 Å². The van der Waals surface area contributed by atoms with Gasteiger partial charge < -0.3 is 9.68 Å². The van der Waals surface area contributed by atoms with Crippen molar-refractivity contribution >= 4 is 55.8 Å². The molecule has 0 radical (unpaired) electrons. The van der Waals surface area contributed by atoms with Crippen LogP contribution in [0.3, 0.4) is 0 Å². The predicted molar refractivity (Wildman–Crippen MR) is 103 cm³/mol. The molecular weight excluding hydrogens is 508 g/mol. The van der Waals surface area contributed by atoms with Crippen molar-refractivity contribution in [2.24, 2.45) is 0 Å². The predicted octanol–water partition coefficient (Wildman–Crippen LogP) is -1.73. The first kappa shape index (κ1) is 27.3. The van der Waals surface area contributed by atoms with E-state index in [9.17, 15) is 45.6 Å². The van der Waals surface area contributed by atoms with Gasteiger partial charge in [0.25, 0.3) is 43.9 Å². The number of amides is 4. The van der Waals surface area contributed by atoms with Gasteiger partial charge in [-0.05, 0) is 12.8 Å². The van der Waals surface area contributed by atoms with Gasteiger partial charge in [0.2, 0.25) is 0 Å². The molecule has 4 amide bonds. The molecule has 2 atom stereocenters. The summed E-state index contributed by atoms with van der Waals surface area (Å²) >= 11 is 0. The molecule has 0 bridgehead atoms. The molecule has 0 aromatic rings. The number of hydrogen-bond acceptors (Lipinski definition) is 12. The first-order chi connectivity index (χ1) is 15.6. The van der Waals surface area contributed by atoms with Crippen LogP contribution in [0.1, 0.15) is 51.4 Å². The van der Waals surface area contributed by atoms with Crippen LogP contribution in [0.4, 0.5) is 0 Å². The summed E-state index contributed by atoms with van der Waals surface area (Å²) in [6.07, 6.45) is -1.10. The minimum absolute atomic E-state index is 0.00962. The SMILES string of the molecule is O=C(CCCCCCC(=O)ON1C(=O)CC(S(=O)(=O)O)C1=O)ON1C(=O)CC(S(=O)(=O)O)C1=O. The highest BCUT2D eigenvalue weighted by Crippen LogP contribution is 2.21. The smallest absolute Gasteiger partial charge is 0.330 e. The van der Waals surface area contributed by atoms with Gasteiger partial charge in [-0.15, -0.1) is 10.1 Å². The lowest BCUT2D eigenvalue weighted by Gasteiger charge is -2.13. The van der Waals surface area contributed by atoms with Crippen LogP contribution in [-0.2, 0) is 58.7 Å². The first-order valence-corrected chi connectivity index (χ1v) is 12.7. The first-order valence-electron chi connectivity index (χ1n) is 9.70. The van der Waals surface area contributed by atoms with Crippen molar-refractivity contribution in [2.45, 2.75) is 61.9 Å². The zero-order valence-corrected chi connectivity index (χ0v) is 18.9. The number of unbranched alkanes of at least 4 members (excludes halogenated alkanes) is 3. The number of hydrogen-bond donors (Lipinski definition) is 2. The standard InChI is InChI=1S/C16H20N2O14S2/c19-11-7-9(33(25,26)27)15(23)17(11)31-13(21)5-3-1-2-4-6-14(22)32-18-12(20)8-10(16(18)24)34(28,29)30/h9-10H,1-8H2,(H,25,26,27)(H,28,29,30). The summed E-state index contributed by atoms with van der Waals surface area (Å²) in [5, 5.41) is -4.08. The van der Waals surface area contributed by atoms with Gasteiger partial charge in [0.15, 0.2) is 10.5 Å². The van der Waals surface area contributed by atoms with Crippen LogP contribution in [0.15, 0.2) is 0 Å². The Labute approximate surface area is 192 Å². The van der Waals surface area contributed by atoms with Gasteiger partial charge in [0.05, 0.1) is 12.8 Å². The fourth-order valence-corrected chi connectivity index (χ4v) is 4.42. The second-order valence-electron chi connectivity index (χ2n) is 7.31. The number of nitrogens with zero attached hydrogens (tertiary/aromatic N) is 2. The zero-order valence-electron chi connectivity index (χ0n) is 17.3. The maximum atomic E-state index is 11.8. The molecule has 0 aromatic heterocycles. The van der Waals surface area contributed by atoms with Gasteiger partial charge in [0.1, 0.15) is 0 Å². The third-order valence-corrected chi connectivity index (χ3v) is 6.92. The second kappa shape index (κ2) is 10.5. The molecule has 0 aromatic carbocycles. The molecule has 2 rings (SSSR count). The van der Waals surface area contributed by atoms with E-state index in [1.54, 1.807) is 0 Å². The highest BCUT2D eigenvalue weighted by atomic mass is 32.2. The van der Waals surface area contributed by atoms with Crippen molar-refractivity contribution < 1.29 is 64.4 Å². The monoisotopic (exact) mass is 528 g/mol. The molecule has 0 saturated carbocycles. The Hall–Kier alpha value is -2.96. The Morgan fingerprint density at radius 2 is 1.03 bits per heavy atom. The molecule has 34 heavy (non-hydrogen) atoms.